The van der Waals surface area contributed by atoms with Crippen molar-refractivity contribution in [2.45, 2.75) is 90.0 Å². The summed E-state index contributed by atoms with van der Waals surface area (Å²) in [7, 11) is 0. The molecule has 0 heterocycles. The van der Waals surface area contributed by atoms with Crippen LogP contribution in [0.25, 0.3) is 11.1 Å². The molecule has 0 saturated heterocycles. The molecular formula is C44H56N4O7. The number of amides is 3. The summed E-state index contributed by atoms with van der Waals surface area (Å²) in [5.41, 5.74) is 4.03. The zero-order valence-electron chi connectivity index (χ0n) is 32.4. The molecule has 0 aliphatic heterocycles. The fourth-order valence-corrected chi connectivity index (χ4v) is 5.97. The number of alkyl carbamates (subject to hydrolysis) is 2. The van der Waals surface area contributed by atoms with Gasteiger partial charge in [0.2, 0.25) is 5.91 Å². The molecule has 0 radical (unpaired) electrons. The predicted molar refractivity (Wildman–Crippen MR) is 214 cm³/mol. The summed E-state index contributed by atoms with van der Waals surface area (Å²) < 4.78 is 10.9. The highest BCUT2D eigenvalue weighted by atomic mass is 16.6. The topological polar surface area (TPSA) is 158 Å². The van der Waals surface area contributed by atoms with Gasteiger partial charge in [0.05, 0.1) is 24.3 Å². The van der Waals surface area contributed by atoms with Crippen molar-refractivity contribution in [3.05, 3.63) is 132 Å². The standard InChI is InChI=1S/C44H56N4O7/c1-30(2)40(48-42(52)54-29-33-21-23-35(24-22-33)34-19-13-8-14-20-34)41(51)46-36(25-31-15-9-6-10-16-31)38(49)27-45-28-39(50)37(26-32-17-11-7-12-18-32)47-43(53)55-44(3,4)5/h6-24,30,36-40,45,49-50H,25-29H2,1-5H3,(H,46,51)(H,47,53)(H,48,52)/t36-,37-,38+,39+,40-/m0/s1. The Morgan fingerprint density at radius 3 is 1.56 bits per heavy atom. The molecule has 11 nitrogen and oxygen atoms in total. The molecule has 4 aromatic carbocycles. The first kappa shape index (κ1) is 42.5. The van der Waals surface area contributed by atoms with Gasteiger partial charge in [0, 0.05) is 13.1 Å². The number of benzene rings is 4. The van der Waals surface area contributed by atoms with E-state index in [1.54, 1.807) is 20.8 Å². The molecule has 0 saturated carbocycles. The van der Waals surface area contributed by atoms with Crippen molar-refractivity contribution in [3.63, 3.8) is 0 Å². The number of ether oxygens (including phenoxy) is 2. The molecule has 4 aromatic rings. The average Bonchev–Trinajstić information content (AvgIpc) is 3.16. The van der Waals surface area contributed by atoms with Crippen molar-refractivity contribution < 1.29 is 34.1 Å². The number of aliphatic hydroxyl groups excluding tert-OH is 2. The lowest BCUT2D eigenvalue weighted by atomic mass is 9.98. The number of carbonyl (C=O) groups is 3. The van der Waals surface area contributed by atoms with Crippen LogP contribution in [-0.2, 0) is 33.7 Å². The molecule has 0 aliphatic rings. The quantitative estimate of drug-likeness (QED) is 0.0747. The minimum absolute atomic E-state index is 0.0181. The van der Waals surface area contributed by atoms with Gasteiger partial charge < -0.3 is 41.0 Å². The Kier molecular flexibility index (Phi) is 16.2. The number of carbonyl (C=O) groups excluding carboxylic acids is 3. The van der Waals surface area contributed by atoms with E-state index in [-0.39, 0.29) is 25.6 Å². The van der Waals surface area contributed by atoms with Gasteiger partial charge in [-0.1, -0.05) is 129 Å². The molecule has 0 fully saturated rings. The van der Waals surface area contributed by atoms with Crippen molar-refractivity contribution in [2.75, 3.05) is 13.1 Å². The highest BCUT2D eigenvalue weighted by Gasteiger charge is 2.30. The van der Waals surface area contributed by atoms with Crippen molar-refractivity contribution >= 4 is 18.1 Å². The smallest absolute Gasteiger partial charge is 0.408 e. The fraction of sp³-hybridized carbons (Fsp3) is 0.386. The Morgan fingerprint density at radius 2 is 1.07 bits per heavy atom. The predicted octanol–water partition coefficient (Wildman–Crippen LogP) is 5.78. The Bertz CT molecular complexity index is 1750. The average molecular weight is 753 g/mol. The number of nitrogens with one attached hydrogen (secondary N) is 4. The third-order valence-corrected chi connectivity index (χ3v) is 8.92. The maximum absolute atomic E-state index is 13.7. The summed E-state index contributed by atoms with van der Waals surface area (Å²) in [6.45, 7) is 9.01. The molecule has 3 amide bonds. The van der Waals surface area contributed by atoms with Gasteiger partial charge in [-0.2, -0.15) is 0 Å². The first-order valence-electron chi connectivity index (χ1n) is 18.8. The highest BCUT2D eigenvalue weighted by molar-refractivity contribution is 5.86. The summed E-state index contributed by atoms with van der Waals surface area (Å²) in [6, 6.07) is 34.2. The number of rotatable bonds is 18. The zero-order chi connectivity index (χ0) is 39.8. The van der Waals surface area contributed by atoms with Crippen molar-refractivity contribution in [1.82, 2.24) is 21.3 Å². The molecule has 294 valence electrons. The minimum atomic E-state index is -1.08. The number of hydrogen-bond acceptors (Lipinski definition) is 8. The van der Waals surface area contributed by atoms with Crippen LogP contribution in [0.3, 0.4) is 0 Å². The van der Waals surface area contributed by atoms with Crippen LogP contribution in [0.4, 0.5) is 9.59 Å². The SMILES string of the molecule is CC(C)[C@H](NC(=O)OCc1ccc(-c2ccccc2)cc1)C(=O)N[C@@H](Cc1ccccc1)[C@H](O)CNC[C@@H](O)[C@H](Cc1ccccc1)NC(=O)OC(C)(C)C. The molecule has 6 N–H and O–H groups in total. The third-order valence-electron chi connectivity index (χ3n) is 8.92. The summed E-state index contributed by atoms with van der Waals surface area (Å²) in [5, 5.41) is 34.2. The Labute approximate surface area is 324 Å². The molecule has 0 bridgehead atoms. The van der Waals surface area contributed by atoms with E-state index in [1.165, 1.54) is 0 Å². The molecule has 11 heteroatoms. The van der Waals surface area contributed by atoms with E-state index in [1.807, 2.05) is 129 Å². The minimum Gasteiger partial charge on any atom is -0.445 e. The molecule has 0 spiro atoms. The van der Waals surface area contributed by atoms with Gasteiger partial charge in [-0.3, -0.25) is 4.79 Å². The van der Waals surface area contributed by atoms with Crippen LogP contribution < -0.4 is 21.3 Å². The normalized spacial score (nSPS) is 14.2. The van der Waals surface area contributed by atoms with Crippen LogP contribution in [-0.4, -0.2) is 77.3 Å². The monoisotopic (exact) mass is 752 g/mol. The molecule has 55 heavy (non-hydrogen) atoms. The van der Waals surface area contributed by atoms with E-state index >= 15 is 0 Å². The first-order chi connectivity index (χ1) is 26.3. The maximum Gasteiger partial charge on any atom is 0.408 e. The van der Waals surface area contributed by atoms with E-state index in [2.05, 4.69) is 21.3 Å². The lowest BCUT2D eigenvalue weighted by molar-refractivity contribution is -0.125. The third kappa shape index (κ3) is 14.8. The number of hydrogen-bond donors (Lipinski definition) is 6. The van der Waals surface area contributed by atoms with E-state index in [4.69, 9.17) is 9.47 Å². The van der Waals surface area contributed by atoms with Gasteiger partial charge in [0.25, 0.3) is 0 Å². The van der Waals surface area contributed by atoms with E-state index in [0.29, 0.717) is 12.8 Å². The second-order valence-electron chi connectivity index (χ2n) is 15.0. The lowest BCUT2D eigenvalue weighted by Gasteiger charge is -2.30. The van der Waals surface area contributed by atoms with Crippen molar-refractivity contribution in [3.8, 4) is 11.1 Å². The molecule has 0 aromatic heterocycles. The van der Waals surface area contributed by atoms with Crippen LogP contribution in [0.5, 0.6) is 0 Å². The van der Waals surface area contributed by atoms with Crippen LogP contribution in [0.15, 0.2) is 115 Å². The van der Waals surface area contributed by atoms with Crippen LogP contribution in [0.1, 0.15) is 51.3 Å². The highest BCUT2D eigenvalue weighted by Crippen LogP contribution is 2.20. The summed E-state index contributed by atoms with van der Waals surface area (Å²) in [5.74, 6) is -0.761. The van der Waals surface area contributed by atoms with Gasteiger partial charge in [-0.05, 0) is 67.3 Å². The van der Waals surface area contributed by atoms with Crippen LogP contribution in [0.2, 0.25) is 0 Å². The fourth-order valence-electron chi connectivity index (χ4n) is 5.97. The van der Waals surface area contributed by atoms with Gasteiger partial charge in [-0.25, -0.2) is 9.59 Å². The van der Waals surface area contributed by atoms with Crippen molar-refractivity contribution in [2.24, 2.45) is 5.92 Å². The molecule has 5 atom stereocenters. The summed E-state index contributed by atoms with van der Waals surface area (Å²) in [6.07, 6.45) is -2.84. The Hall–Kier alpha value is -5.23. The van der Waals surface area contributed by atoms with Gasteiger partial charge in [0.1, 0.15) is 18.2 Å². The molecule has 0 aliphatic carbocycles. The summed E-state index contributed by atoms with van der Waals surface area (Å²) >= 11 is 0. The van der Waals surface area contributed by atoms with Gasteiger partial charge >= 0.3 is 12.2 Å². The van der Waals surface area contributed by atoms with Crippen LogP contribution in [0, 0.1) is 5.92 Å². The van der Waals surface area contributed by atoms with Crippen LogP contribution >= 0.6 is 0 Å². The molecule has 0 unspecified atom stereocenters. The van der Waals surface area contributed by atoms with E-state index in [0.717, 1.165) is 27.8 Å². The second-order valence-corrected chi connectivity index (χ2v) is 15.0. The van der Waals surface area contributed by atoms with E-state index in [9.17, 15) is 24.6 Å². The largest absolute Gasteiger partial charge is 0.445 e. The second kappa shape index (κ2) is 21.0. The maximum atomic E-state index is 13.7. The molecular weight excluding hydrogens is 697 g/mol. The number of aliphatic hydroxyl groups is 2. The van der Waals surface area contributed by atoms with E-state index < -0.39 is 54.0 Å². The lowest BCUT2D eigenvalue weighted by Crippen LogP contribution is -2.57. The van der Waals surface area contributed by atoms with Crippen molar-refractivity contribution in [1.29, 1.82) is 0 Å². The molecule has 4 rings (SSSR count). The Morgan fingerprint density at radius 1 is 0.600 bits per heavy atom. The summed E-state index contributed by atoms with van der Waals surface area (Å²) in [4.78, 5) is 39.3. The van der Waals surface area contributed by atoms with Gasteiger partial charge in [0.15, 0.2) is 0 Å². The van der Waals surface area contributed by atoms with Gasteiger partial charge in [-0.15, -0.1) is 0 Å². The zero-order valence-corrected chi connectivity index (χ0v) is 32.4. The Balaban J connectivity index is 1.36. The first-order valence-corrected chi connectivity index (χ1v) is 18.8.